The lowest BCUT2D eigenvalue weighted by Crippen LogP contribution is -2.30. The number of thiocarbonyl (C=S) groups is 2. The normalized spacial score (nSPS) is 11.9. The highest BCUT2D eigenvalue weighted by Gasteiger charge is 2.02. The third-order valence-corrected chi connectivity index (χ3v) is 6.77. The third kappa shape index (κ3) is 16.0. The van der Waals surface area contributed by atoms with E-state index in [0.29, 0.717) is 16.8 Å². The maximum Gasteiger partial charge on any atom is 0.171 e. The highest BCUT2D eigenvalue weighted by Crippen LogP contribution is 2.14. The molecule has 0 fully saturated rings. The Bertz CT molecular complexity index is 1160. The quantitative estimate of drug-likeness (QED) is 0.126. The summed E-state index contributed by atoms with van der Waals surface area (Å²) < 4.78 is 0. The van der Waals surface area contributed by atoms with Crippen molar-refractivity contribution in [1.82, 2.24) is 10.6 Å². The van der Waals surface area contributed by atoms with Crippen LogP contribution >= 0.6 is 24.4 Å². The number of nitrogens with one attached hydrogen (secondary N) is 4. The van der Waals surface area contributed by atoms with Gasteiger partial charge in [0, 0.05) is 24.5 Å². The van der Waals surface area contributed by atoms with E-state index in [1.165, 1.54) is 22.3 Å². The van der Waals surface area contributed by atoms with E-state index in [9.17, 15) is 0 Å². The van der Waals surface area contributed by atoms with Crippen molar-refractivity contribution < 1.29 is 0 Å². The molecule has 0 bridgehead atoms. The number of para-hydroxylation sites is 2. The van der Waals surface area contributed by atoms with Crippen molar-refractivity contribution in [2.45, 2.75) is 66.2 Å². The van der Waals surface area contributed by atoms with E-state index >= 15 is 0 Å². The molecule has 0 saturated carbocycles. The molecule has 0 unspecified atom stereocenters. The molecular weight excluding hydrogens is 529 g/mol. The highest BCUT2D eigenvalue weighted by atomic mass is 32.1. The van der Waals surface area contributed by atoms with Crippen LogP contribution in [0.15, 0.2) is 107 Å². The van der Waals surface area contributed by atoms with Crippen molar-refractivity contribution in [3.05, 3.63) is 107 Å². The molecule has 0 aliphatic heterocycles. The summed E-state index contributed by atoms with van der Waals surface area (Å²) in [6.07, 6.45) is 15.6. The lowest BCUT2D eigenvalue weighted by molar-refractivity contribution is 0.846. The van der Waals surface area contributed by atoms with E-state index in [0.717, 1.165) is 56.4 Å². The van der Waals surface area contributed by atoms with Crippen molar-refractivity contribution in [3.8, 4) is 0 Å². The fraction of sp³-hybridized carbons (Fsp3) is 0.353. The molecule has 40 heavy (non-hydrogen) atoms. The minimum absolute atomic E-state index is 0.632. The first kappa shape index (κ1) is 33.0. The summed E-state index contributed by atoms with van der Waals surface area (Å²) in [5.41, 5.74) is 7.55. The summed E-state index contributed by atoms with van der Waals surface area (Å²) in [5.74, 6) is 0. The fourth-order valence-electron chi connectivity index (χ4n) is 3.97. The van der Waals surface area contributed by atoms with Gasteiger partial charge in [0.15, 0.2) is 10.2 Å². The summed E-state index contributed by atoms with van der Waals surface area (Å²) in [6, 6.07) is 20.0. The van der Waals surface area contributed by atoms with Gasteiger partial charge in [0.2, 0.25) is 0 Å². The van der Waals surface area contributed by atoms with Gasteiger partial charge in [-0.15, -0.1) is 0 Å². The third-order valence-electron chi connectivity index (χ3n) is 6.27. The summed E-state index contributed by atoms with van der Waals surface area (Å²) in [5, 5.41) is 14.4. The van der Waals surface area contributed by atoms with Crippen molar-refractivity contribution in [2.24, 2.45) is 0 Å². The van der Waals surface area contributed by atoms with Gasteiger partial charge in [-0.25, -0.2) is 0 Å². The van der Waals surface area contributed by atoms with Gasteiger partial charge >= 0.3 is 0 Å². The van der Waals surface area contributed by atoms with Crippen LogP contribution in [-0.4, -0.2) is 23.3 Å². The molecule has 2 rings (SSSR count). The van der Waals surface area contributed by atoms with Crippen LogP contribution < -0.4 is 21.3 Å². The van der Waals surface area contributed by atoms with Crippen LogP contribution in [0.4, 0.5) is 11.4 Å². The fourth-order valence-corrected chi connectivity index (χ4v) is 4.36. The SMILES string of the molecule is CC(C)=CCC/C(C)=C/CC/C(=C/CC/C(C)=C/CNC(=S)Nc1ccccc1)CNC(=S)Nc1ccccc1. The molecule has 0 spiro atoms. The zero-order chi connectivity index (χ0) is 29.0. The molecule has 0 radical (unpaired) electrons. The smallest absolute Gasteiger partial charge is 0.171 e. The number of anilines is 2. The van der Waals surface area contributed by atoms with Crippen LogP contribution in [0.1, 0.15) is 66.2 Å². The maximum atomic E-state index is 5.54. The summed E-state index contributed by atoms with van der Waals surface area (Å²) >= 11 is 10.9. The van der Waals surface area contributed by atoms with Gasteiger partial charge in [-0.2, -0.15) is 0 Å². The minimum Gasteiger partial charge on any atom is -0.359 e. The molecule has 2 aromatic rings. The number of allylic oxidation sites excluding steroid dienone is 6. The van der Waals surface area contributed by atoms with Gasteiger partial charge in [0.25, 0.3) is 0 Å². The van der Waals surface area contributed by atoms with Gasteiger partial charge in [-0.1, -0.05) is 83.0 Å². The first-order valence-corrected chi connectivity index (χ1v) is 15.0. The molecule has 0 aliphatic rings. The second-order valence-electron chi connectivity index (χ2n) is 10.2. The molecule has 0 atom stereocenters. The lowest BCUT2D eigenvalue weighted by atomic mass is 10.0. The first-order chi connectivity index (χ1) is 19.3. The molecule has 0 heterocycles. The van der Waals surface area contributed by atoms with Crippen LogP contribution in [-0.2, 0) is 0 Å². The standard InChI is InChI=1S/C34H46N4S2/c1-27(2)14-11-15-28(3)16-12-18-30(26-36-34(40)38-32-22-9-6-10-23-32)19-13-17-29(4)24-25-35-33(39)37-31-20-7-5-8-21-31/h5-10,14,16,19-24H,11-13,15,17-18,25-26H2,1-4H3,(H2,35,37,39)(H2,36,38,40)/b28-16+,29-24+,30-19-. The van der Waals surface area contributed by atoms with E-state index in [1.54, 1.807) is 0 Å². The van der Waals surface area contributed by atoms with Gasteiger partial charge in [-0.05, 0) is 115 Å². The largest absolute Gasteiger partial charge is 0.359 e. The number of hydrogen-bond donors (Lipinski definition) is 4. The molecule has 0 amide bonds. The van der Waals surface area contributed by atoms with Crippen LogP contribution in [0.2, 0.25) is 0 Å². The maximum absolute atomic E-state index is 5.54. The highest BCUT2D eigenvalue weighted by molar-refractivity contribution is 7.80. The van der Waals surface area contributed by atoms with E-state index in [2.05, 4.69) is 73.3 Å². The Morgan fingerprint density at radius 2 is 1.10 bits per heavy atom. The van der Waals surface area contributed by atoms with E-state index in [4.69, 9.17) is 24.4 Å². The molecule has 4 nitrogen and oxygen atoms in total. The lowest BCUT2D eigenvalue weighted by Gasteiger charge is -2.13. The summed E-state index contributed by atoms with van der Waals surface area (Å²) in [4.78, 5) is 0. The zero-order valence-electron chi connectivity index (χ0n) is 24.6. The van der Waals surface area contributed by atoms with Crippen molar-refractivity contribution in [2.75, 3.05) is 23.7 Å². The number of rotatable bonds is 15. The predicted molar refractivity (Wildman–Crippen MR) is 184 cm³/mol. The van der Waals surface area contributed by atoms with E-state index in [1.807, 2.05) is 60.7 Å². The topological polar surface area (TPSA) is 48.1 Å². The Labute approximate surface area is 253 Å². The Hall–Kier alpha value is -3.22. The summed E-state index contributed by atoms with van der Waals surface area (Å²) in [6.45, 7) is 10.2. The number of hydrogen-bond acceptors (Lipinski definition) is 2. The predicted octanol–water partition coefficient (Wildman–Crippen LogP) is 9.09. The average molecular weight is 575 g/mol. The Balaban J connectivity index is 1.85. The van der Waals surface area contributed by atoms with E-state index in [-0.39, 0.29) is 0 Å². The second kappa shape index (κ2) is 19.8. The first-order valence-electron chi connectivity index (χ1n) is 14.1. The van der Waals surface area contributed by atoms with Gasteiger partial charge in [0.1, 0.15) is 0 Å². The molecule has 0 aromatic heterocycles. The molecular formula is C34H46N4S2. The molecule has 6 heteroatoms. The monoisotopic (exact) mass is 574 g/mol. The summed E-state index contributed by atoms with van der Waals surface area (Å²) in [7, 11) is 0. The van der Waals surface area contributed by atoms with Crippen LogP contribution in [0.3, 0.4) is 0 Å². The Morgan fingerprint density at radius 1 is 0.600 bits per heavy atom. The van der Waals surface area contributed by atoms with Crippen molar-refractivity contribution >= 4 is 46.0 Å². The van der Waals surface area contributed by atoms with Crippen molar-refractivity contribution in [1.29, 1.82) is 0 Å². The van der Waals surface area contributed by atoms with Gasteiger partial charge in [0.05, 0.1) is 0 Å². The molecule has 4 N–H and O–H groups in total. The second-order valence-corrected chi connectivity index (χ2v) is 11.1. The number of benzene rings is 2. The molecule has 0 saturated heterocycles. The van der Waals surface area contributed by atoms with Gasteiger partial charge in [-0.3, -0.25) is 0 Å². The van der Waals surface area contributed by atoms with Gasteiger partial charge < -0.3 is 21.3 Å². The van der Waals surface area contributed by atoms with E-state index < -0.39 is 0 Å². The minimum atomic E-state index is 0.632. The molecule has 0 aliphatic carbocycles. The Kier molecular flexibility index (Phi) is 16.3. The molecule has 214 valence electrons. The average Bonchev–Trinajstić information content (AvgIpc) is 2.92. The van der Waals surface area contributed by atoms with Crippen LogP contribution in [0.25, 0.3) is 0 Å². The Morgan fingerprint density at radius 3 is 1.68 bits per heavy atom. The van der Waals surface area contributed by atoms with Crippen molar-refractivity contribution in [3.63, 3.8) is 0 Å². The van der Waals surface area contributed by atoms with Crippen LogP contribution in [0, 0.1) is 0 Å². The zero-order valence-corrected chi connectivity index (χ0v) is 26.2. The van der Waals surface area contributed by atoms with Crippen LogP contribution in [0.5, 0.6) is 0 Å². The molecule has 2 aromatic carbocycles.